The molecule has 0 aliphatic carbocycles. The molecule has 0 fully saturated rings. The lowest BCUT2D eigenvalue weighted by atomic mass is 10.1. The number of benzene rings is 2. The molecule has 2 nitrogen and oxygen atoms in total. The van der Waals surface area contributed by atoms with Gasteiger partial charge in [-0.25, -0.2) is 4.99 Å². The SMILES string of the molecule is CC(=Nc1ccc(C)cc1C)Nc1ccccc1S. The molecule has 3 heteroatoms. The number of anilines is 1. The van der Waals surface area contributed by atoms with Crippen LogP contribution in [0, 0.1) is 13.8 Å². The molecule has 98 valence electrons. The summed E-state index contributed by atoms with van der Waals surface area (Å²) in [5, 5.41) is 3.27. The average molecular weight is 270 g/mol. The van der Waals surface area contributed by atoms with Gasteiger partial charge < -0.3 is 5.32 Å². The Bertz CT molecular complexity index is 618. The Kier molecular flexibility index (Phi) is 4.27. The number of hydrogen-bond acceptors (Lipinski definition) is 2. The maximum absolute atomic E-state index is 4.61. The Hall–Kier alpha value is -1.74. The fraction of sp³-hybridized carbons (Fsp3) is 0.188. The van der Waals surface area contributed by atoms with Crippen LogP contribution in [0.4, 0.5) is 11.4 Å². The predicted molar refractivity (Wildman–Crippen MR) is 86.0 cm³/mol. The summed E-state index contributed by atoms with van der Waals surface area (Å²) >= 11 is 4.41. The highest BCUT2D eigenvalue weighted by Crippen LogP contribution is 2.22. The first kappa shape index (κ1) is 13.7. The summed E-state index contributed by atoms with van der Waals surface area (Å²) in [7, 11) is 0. The van der Waals surface area contributed by atoms with Gasteiger partial charge >= 0.3 is 0 Å². The lowest BCUT2D eigenvalue weighted by Crippen LogP contribution is -2.07. The van der Waals surface area contributed by atoms with Crippen molar-refractivity contribution in [1.29, 1.82) is 0 Å². The number of thiol groups is 1. The van der Waals surface area contributed by atoms with Gasteiger partial charge in [0.05, 0.1) is 11.4 Å². The lowest BCUT2D eigenvalue weighted by Gasteiger charge is -2.09. The average Bonchev–Trinajstić information content (AvgIpc) is 2.36. The van der Waals surface area contributed by atoms with Crippen LogP contribution in [0.3, 0.4) is 0 Å². The molecule has 0 atom stereocenters. The van der Waals surface area contributed by atoms with E-state index in [2.05, 4.69) is 48.9 Å². The van der Waals surface area contributed by atoms with Crippen molar-refractivity contribution in [2.75, 3.05) is 5.32 Å². The molecule has 2 aromatic rings. The van der Waals surface area contributed by atoms with Crippen LogP contribution in [0.2, 0.25) is 0 Å². The molecule has 2 aromatic carbocycles. The fourth-order valence-electron chi connectivity index (χ4n) is 1.91. The van der Waals surface area contributed by atoms with Crippen LogP contribution >= 0.6 is 12.6 Å². The molecule has 0 unspecified atom stereocenters. The third-order valence-corrected chi connectivity index (χ3v) is 3.25. The van der Waals surface area contributed by atoms with Crippen molar-refractivity contribution in [3.8, 4) is 0 Å². The molecular weight excluding hydrogens is 252 g/mol. The van der Waals surface area contributed by atoms with E-state index in [1.165, 1.54) is 11.1 Å². The van der Waals surface area contributed by atoms with Crippen molar-refractivity contribution in [2.24, 2.45) is 4.99 Å². The standard InChI is InChI=1S/C16H18N2S/c1-11-8-9-14(12(2)10-11)17-13(3)18-15-6-4-5-7-16(15)19/h4-10,19H,1-3H3,(H,17,18). The first-order valence-electron chi connectivity index (χ1n) is 6.24. The number of aryl methyl sites for hydroxylation is 2. The van der Waals surface area contributed by atoms with E-state index >= 15 is 0 Å². The van der Waals surface area contributed by atoms with E-state index < -0.39 is 0 Å². The summed E-state index contributed by atoms with van der Waals surface area (Å²) in [6.45, 7) is 6.12. The number of para-hydroxylation sites is 1. The summed E-state index contributed by atoms with van der Waals surface area (Å²) in [6.07, 6.45) is 0. The first-order valence-corrected chi connectivity index (χ1v) is 6.68. The maximum Gasteiger partial charge on any atom is 0.103 e. The monoisotopic (exact) mass is 270 g/mol. The fourth-order valence-corrected chi connectivity index (χ4v) is 2.13. The molecule has 19 heavy (non-hydrogen) atoms. The zero-order valence-corrected chi connectivity index (χ0v) is 12.3. The van der Waals surface area contributed by atoms with Crippen molar-refractivity contribution < 1.29 is 0 Å². The summed E-state index contributed by atoms with van der Waals surface area (Å²) in [5.74, 6) is 0.855. The topological polar surface area (TPSA) is 24.4 Å². The molecule has 0 heterocycles. The van der Waals surface area contributed by atoms with Crippen molar-refractivity contribution >= 4 is 29.8 Å². The highest BCUT2D eigenvalue weighted by atomic mass is 32.1. The van der Waals surface area contributed by atoms with E-state index in [9.17, 15) is 0 Å². The Morgan fingerprint density at radius 2 is 1.84 bits per heavy atom. The van der Waals surface area contributed by atoms with Crippen molar-refractivity contribution in [2.45, 2.75) is 25.7 Å². The van der Waals surface area contributed by atoms with Gasteiger partial charge in [0.15, 0.2) is 0 Å². The highest BCUT2D eigenvalue weighted by Gasteiger charge is 2.00. The predicted octanol–water partition coefficient (Wildman–Crippen LogP) is 4.75. The third-order valence-electron chi connectivity index (χ3n) is 2.86. The summed E-state index contributed by atoms with van der Waals surface area (Å²) in [6, 6.07) is 14.1. The van der Waals surface area contributed by atoms with Crippen LogP contribution in [0.1, 0.15) is 18.1 Å². The second kappa shape index (κ2) is 5.93. The molecule has 0 amide bonds. The number of nitrogens with zero attached hydrogens (tertiary/aromatic N) is 1. The molecule has 0 radical (unpaired) electrons. The number of rotatable bonds is 2. The minimum Gasteiger partial charge on any atom is -0.343 e. The minimum atomic E-state index is 0.855. The number of aliphatic imine (C=N–C) groups is 1. The second-order valence-electron chi connectivity index (χ2n) is 4.63. The van der Waals surface area contributed by atoms with Gasteiger partial charge in [0.2, 0.25) is 0 Å². The zero-order chi connectivity index (χ0) is 13.8. The van der Waals surface area contributed by atoms with Gasteiger partial charge in [0, 0.05) is 4.90 Å². The highest BCUT2D eigenvalue weighted by molar-refractivity contribution is 7.80. The number of nitrogens with one attached hydrogen (secondary N) is 1. The molecule has 0 spiro atoms. The van der Waals surface area contributed by atoms with Gasteiger partial charge in [-0.1, -0.05) is 29.8 Å². The molecule has 0 aliphatic heterocycles. The van der Waals surface area contributed by atoms with Gasteiger partial charge in [0.1, 0.15) is 5.84 Å². The van der Waals surface area contributed by atoms with Crippen LogP contribution in [0.5, 0.6) is 0 Å². The smallest absolute Gasteiger partial charge is 0.103 e. The van der Waals surface area contributed by atoms with Gasteiger partial charge in [-0.15, -0.1) is 12.6 Å². The zero-order valence-electron chi connectivity index (χ0n) is 11.4. The molecule has 0 aromatic heterocycles. The van der Waals surface area contributed by atoms with Crippen molar-refractivity contribution in [1.82, 2.24) is 0 Å². The maximum atomic E-state index is 4.61. The van der Waals surface area contributed by atoms with Crippen LogP contribution in [-0.4, -0.2) is 5.84 Å². The van der Waals surface area contributed by atoms with Crippen LogP contribution in [-0.2, 0) is 0 Å². The van der Waals surface area contributed by atoms with Crippen molar-refractivity contribution in [3.63, 3.8) is 0 Å². The molecule has 0 saturated heterocycles. The Labute approximate surface area is 120 Å². The summed E-state index contributed by atoms with van der Waals surface area (Å²) in [4.78, 5) is 5.52. The summed E-state index contributed by atoms with van der Waals surface area (Å²) in [5.41, 5.74) is 4.40. The van der Waals surface area contributed by atoms with Gasteiger partial charge in [-0.2, -0.15) is 0 Å². The normalized spacial score (nSPS) is 11.5. The lowest BCUT2D eigenvalue weighted by molar-refractivity contribution is 1.33. The molecule has 1 N–H and O–H groups in total. The van der Waals surface area contributed by atoms with Gasteiger partial charge in [-0.3, -0.25) is 0 Å². The summed E-state index contributed by atoms with van der Waals surface area (Å²) < 4.78 is 0. The van der Waals surface area contributed by atoms with E-state index in [4.69, 9.17) is 0 Å². The molecule has 2 rings (SSSR count). The Balaban J connectivity index is 2.22. The van der Waals surface area contributed by atoms with E-state index in [0.717, 1.165) is 22.1 Å². The molecule has 0 aliphatic rings. The van der Waals surface area contributed by atoms with Gasteiger partial charge in [0.25, 0.3) is 0 Å². The Morgan fingerprint density at radius 3 is 2.53 bits per heavy atom. The molecule has 0 bridgehead atoms. The molecule has 0 saturated carbocycles. The van der Waals surface area contributed by atoms with E-state index in [-0.39, 0.29) is 0 Å². The number of hydrogen-bond donors (Lipinski definition) is 2. The van der Waals surface area contributed by atoms with E-state index in [0.29, 0.717) is 0 Å². The minimum absolute atomic E-state index is 0.855. The van der Waals surface area contributed by atoms with Crippen LogP contribution in [0.15, 0.2) is 52.4 Å². The van der Waals surface area contributed by atoms with Crippen LogP contribution < -0.4 is 5.32 Å². The second-order valence-corrected chi connectivity index (χ2v) is 5.11. The van der Waals surface area contributed by atoms with Crippen LogP contribution in [0.25, 0.3) is 0 Å². The molecular formula is C16H18N2S. The van der Waals surface area contributed by atoms with Gasteiger partial charge in [-0.05, 0) is 44.5 Å². The quantitative estimate of drug-likeness (QED) is 0.459. The first-order chi connectivity index (χ1) is 9.06. The van der Waals surface area contributed by atoms with Crippen molar-refractivity contribution in [3.05, 3.63) is 53.6 Å². The number of amidine groups is 1. The largest absolute Gasteiger partial charge is 0.343 e. The van der Waals surface area contributed by atoms with E-state index in [1.807, 2.05) is 37.3 Å². The Morgan fingerprint density at radius 1 is 1.11 bits per heavy atom. The van der Waals surface area contributed by atoms with E-state index in [1.54, 1.807) is 0 Å². The third kappa shape index (κ3) is 3.61.